The number of halogens is 2. The van der Waals surface area contributed by atoms with Gasteiger partial charge in [0.25, 0.3) is 0 Å². The van der Waals surface area contributed by atoms with Crippen molar-refractivity contribution in [2.24, 2.45) is 0 Å². The van der Waals surface area contributed by atoms with Crippen LogP contribution in [-0.4, -0.2) is 18.3 Å². The molecule has 2 aromatic rings. The molecule has 0 aliphatic carbocycles. The van der Waals surface area contributed by atoms with E-state index in [9.17, 15) is 18.4 Å². The van der Waals surface area contributed by atoms with E-state index in [-0.39, 0.29) is 23.7 Å². The maximum absolute atomic E-state index is 13.7. The first-order chi connectivity index (χ1) is 12.4. The fraction of sp³-hybridized carbons (Fsp3) is 0.300. The highest BCUT2D eigenvalue weighted by Gasteiger charge is 2.14. The first-order valence-corrected chi connectivity index (χ1v) is 8.35. The average molecular weight is 361 g/mol. The third-order valence-electron chi connectivity index (χ3n) is 3.88. The second-order valence-corrected chi connectivity index (χ2v) is 5.99. The number of hydrogen-bond donors (Lipinski definition) is 1. The lowest BCUT2D eigenvalue weighted by Gasteiger charge is -2.15. The smallest absolute Gasteiger partial charge is 0.220 e. The van der Waals surface area contributed by atoms with Gasteiger partial charge >= 0.3 is 0 Å². The molecule has 4 nitrogen and oxygen atoms in total. The molecule has 0 bridgehead atoms. The van der Waals surface area contributed by atoms with Gasteiger partial charge in [0, 0.05) is 23.6 Å². The summed E-state index contributed by atoms with van der Waals surface area (Å²) in [4.78, 5) is 23.1. The molecule has 0 fully saturated rings. The van der Waals surface area contributed by atoms with E-state index in [1.807, 2.05) is 0 Å². The van der Waals surface area contributed by atoms with Crippen LogP contribution in [0.5, 0.6) is 5.75 Å². The van der Waals surface area contributed by atoms with Crippen molar-refractivity contribution in [1.29, 1.82) is 0 Å². The van der Waals surface area contributed by atoms with Crippen molar-refractivity contribution >= 4 is 11.7 Å². The second kappa shape index (κ2) is 9.08. The number of nitrogens with one attached hydrogen (secondary N) is 1. The van der Waals surface area contributed by atoms with E-state index in [0.717, 1.165) is 12.1 Å². The van der Waals surface area contributed by atoms with Crippen LogP contribution in [0.1, 0.15) is 48.7 Å². The molecule has 26 heavy (non-hydrogen) atoms. The normalized spacial score (nSPS) is 11.7. The number of benzene rings is 2. The minimum atomic E-state index is -0.685. The van der Waals surface area contributed by atoms with Crippen LogP contribution in [0.4, 0.5) is 8.78 Å². The van der Waals surface area contributed by atoms with Crippen LogP contribution in [0.25, 0.3) is 0 Å². The fourth-order valence-electron chi connectivity index (χ4n) is 2.45. The van der Waals surface area contributed by atoms with Crippen LogP contribution in [0, 0.1) is 11.6 Å². The number of rotatable bonds is 8. The molecule has 0 heterocycles. The molecule has 0 radical (unpaired) electrons. The van der Waals surface area contributed by atoms with Gasteiger partial charge in [-0.1, -0.05) is 6.07 Å². The number of Topliss-reactive ketones (excluding diaryl/α,β-unsaturated/α-hetero) is 1. The SMILES string of the molecule is CC(=O)c1ccc(OCCCC(=O)NC(C)c2ccc(F)cc2F)cc1. The molecular formula is C20H21F2NO3. The molecule has 0 aromatic heterocycles. The van der Waals surface area contributed by atoms with Crippen LogP contribution in [0.2, 0.25) is 0 Å². The van der Waals surface area contributed by atoms with E-state index < -0.39 is 17.7 Å². The summed E-state index contributed by atoms with van der Waals surface area (Å²) in [7, 11) is 0. The lowest BCUT2D eigenvalue weighted by Crippen LogP contribution is -2.27. The summed E-state index contributed by atoms with van der Waals surface area (Å²) in [6.07, 6.45) is 0.706. The third-order valence-corrected chi connectivity index (χ3v) is 3.88. The lowest BCUT2D eigenvalue weighted by molar-refractivity contribution is -0.122. The van der Waals surface area contributed by atoms with Gasteiger partial charge in [0.2, 0.25) is 5.91 Å². The predicted octanol–water partition coefficient (Wildman–Crippen LogP) is 4.20. The van der Waals surface area contributed by atoms with E-state index in [1.54, 1.807) is 31.2 Å². The first kappa shape index (κ1) is 19.6. The van der Waals surface area contributed by atoms with E-state index in [2.05, 4.69) is 5.32 Å². The molecule has 0 saturated heterocycles. The largest absolute Gasteiger partial charge is 0.494 e. The Kier molecular flexibility index (Phi) is 6.83. The number of carbonyl (C=O) groups excluding carboxylic acids is 2. The minimum absolute atomic E-state index is 0.0140. The molecule has 138 valence electrons. The van der Waals surface area contributed by atoms with Crippen molar-refractivity contribution in [2.75, 3.05) is 6.61 Å². The first-order valence-electron chi connectivity index (χ1n) is 8.35. The molecular weight excluding hydrogens is 340 g/mol. The molecule has 0 aliphatic heterocycles. The standard InChI is InChI=1S/C20H21F2NO3/c1-13(18-10-7-16(21)12-19(18)22)23-20(25)4-3-11-26-17-8-5-15(6-9-17)14(2)24/h5-10,12-13H,3-4,11H2,1-2H3,(H,23,25). The summed E-state index contributed by atoms with van der Waals surface area (Å²) in [6, 6.07) is 9.50. The fourth-order valence-corrected chi connectivity index (χ4v) is 2.45. The van der Waals surface area contributed by atoms with E-state index in [0.29, 0.717) is 24.3 Å². The number of amides is 1. The van der Waals surface area contributed by atoms with Crippen molar-refractivity contribution in [3.63, 3.8) is 0 Å². The Hall–Kier alpha value is -2.76. The average Bonchev–Trinajstić information content (AvgIpc) is 2.59. The number of carbonyl (C=O) groups is 2. The maximum Gasteiger partial charge on any atom is 0.220 e. The summed E-state index contributed by atoms with van der Waals surface area (Å²) in [5.74, 6) is -0.970. The molecule has 1 amide bonds. The van der Waals surface area contributed by atoms with E-state index in [1.165, 1.54) is 13.0 Å². The van der Waals surface area contributed by atoms with Crippen molar-refractivity contribution < 1.29 is 23.1 Å². The minimum Gasteiger partial charge on any atom is -0.494 e. The zero-order valence-corrected chi connectivity index (χ0v) is 14.7. The van der Waals surface area contributed by atoms with Gasteiger partial charge in [-0.25, -0.2) is 8.78 Å². The number of ether oxygens (including phenoxy) is 1. The molecule has 2 aromatic carbocycles. The topological polar surface area (TPSA) is 55.4 Å². The van der Waals surface area contributed by atoms with Crippen LogP contribution < -0.4 is 10.1 Å². The van der Waals surface area contributed by atoms with E-state index >= 15 is 0 Å². The van der Waals surface area contributed by atoms with Gasteiger partial charge in [0.1, 0.15) is 17.4 Å². The van der Waals surface area contributed by atoms with Crippen molar-refractivity contribution in [2.45, 2.75) is 32.7 Å². The summed E-state index contributed by atoms with van der Waals surface area (Å²) in [6.45, 7) is 3.47. The van der Waals surface area contributed by atoms with Gasteiger partial charge in [-0.15, -0.1) is 0 Å². The molecule has 0 spiro atoms. The molecule has 0 aliphatic rings. The molecule has 0 saturated carbocycles. The van der Waals surface area contributed by atoms with Crippen LogP contribution in [-0.2, 0) is 4.79 Å². The zero-order chi connectivity index (χ0) is 19.1. The number of ketones is 1. The highest BCUT2D eigenvalue weighted by molar-refractivity contribution is 5.94. The highest BCUT2D eigenvalue weighted by Crippen LogP contribution is 2.18. The summed E-state index contributed by atoms with van der Waals surface area (Å²) in [5, 5.41) is 2.68. The lowest BCUT2D eigenvalue weighted by atomic mass is 10.1. The monoisotopic (exact) mass is 361 g/mol. The predicted molar refractivity (Wildman–Crippen MR) is 94.1 cm³/mol. The van der Waals surface area contributed by atoms with Crippen molar-refractivity contribution in [3.05, 3.63) is 65.2 Å². The van der Waals surface area contributed by atoms with Gasteiger partial charge in [-0.05, 0) is 50.6 Å². The van der Waals surface area contributed by atoms with Crippen LogP contribution in [0.15, 0.2) is 42.5 Å². The van der Waals surface area contributed by atoms with Crippen LogP contribution in [0.3, 0.4) is 0 Å². The maximum atomic E-state index is 13.7. The summed E-state index contributed by atoms with van der Waals surface area (Å²) in [5.41, 5.74) is 0.848. The van der Waals surface area contributed by atoms with Gasteiger partial charge < -0.3 is 10.1 Å². The summed E-state index contributed by atoms with van der Waals surface area (Å²) < 4.78 is 32.1. The Labute approximate surface area is 151 Å². The van der Waals surface area contributed by atoms with E-state index in [4.69, 9.17) is 4.74 Å². The molecule has 1 N–H and O–H groups in total. The van der Waals surface area contributed by atoms with Crippen molar-refractivity contribution in [3.8, 4) is 5.75 Å². The van der Waals surface area contributed by atoms with Gasteiger partial charge in [0.15, 0.2) is 5.78 Å². The molecule has 1 atom stereocenters. The summed E-state index contributed by atoms with van der Waals surface area (Å²) >= 11 is 0. The van der Waals surface area contributed by atoms with Gasteiger partial charge in [-0.2, -0.15) is 0 Å². The molecule has 2 rings (SSSR count). The Balaban J connectivity index is 1.73. The van der Waals surface area contributed by atoms with Crippen LogP contribution >= 0.6 is 0 Å². The molecule has 1 unspecified atom stereocenters. The Morgan fingerprint density at radius 1 is 1.12 bits per heavy atom. The Bertz CT molecular complexity index is 775. The van der Waals surface area contributed by atoms with Gasteiger partial charge in [-0.3, -0.25) is 9.59 Å². The highest BCUT2D eigenvalue weighted by atomic mass is 19.1. The Morgan fingerprint density at radius 3 is 2.42 bits per heavy atom. The Morgan fingerprint density at radius 2 is 1.81 bits per heavy atom. The zero-order valence-electron chi connectivity index (χ0n) is 14.7. The third kappa shape index (κ3) is 5.65. The van der Waals surface area contributed by atoms with Crippen molar-refractivity contribution in [1.82, 2.24) is 5.32 Å². The number of hydrogen-bond acceptors (Lipinski definition) is 3. The van der Waals surface area contributed by atoms with Gasteiger partial charge in [0.05, 0.1) is 12.6 Å². The molecule has 6 heteroatoms. The second-order valence-electron chi connectivity index (χ2n) is 5.99. The quantitative estimate of drug-likeness (QED) is 0.566.